The van der Waals surface area contributed by atoms with Gasteiger partial charge in [0.1, 0.15) is 0 Å². The zero-order valence-corrected chi connectivity index (χ0v) is 15.9. The quantitative estimate of drug-likeness (QED) is 0.545. The summed E-state index contributed by atoms with van der Waals surface area (Å²) in [5.41, 5.74) is 0.500. The third kappa shape index (κ3) is 4.26. The highest BCUT2D eigenvalue weighted by Gasteiger charge is 2.27. The molecular formula is C18H18ClNO3S2. The molecular weight excluding hydrogens is 378 g/mol. The van der Waals surface area contributed by atoms with Crippen LogP contribution in [-0.2, 0) is 10.0 Å². The first kappa shape index (κ1) is 18.5. The number of rotatable bonds is 6. The number of thioether (sulfide) groups is 1. The summed E-state index contributed by atoms with van der Waals surface area (Å²) in [6.45, 7) is 1.13. The Bertz CT molecular complexity index is 860. The minimum atomic E-state index is -3.44. The highest BCUT2D eigenvalue weighted by Crippen LogP contribution is 2.27. The Balaban J connectivity index is 1.67. The molecule has 1 saturated heterocycles. The van der Waals surface area contributed by atoms with E-state index in [2.05, 4.69) is 0 Å². The summed E-state index contributed by atoms with van der Waals surface area (Å²) < 4.78 is 26.5. The Labute approximate surface area is 157 Å². The fraction of sp³-hybridized carbons (Fsp3) is 0.278. The van der Waals surface area contributed by atoms with E-state index in [1.807, 2.05) is 18.2 Å². The topological polar surface area (TPSA) is 54.5 Å². The van der Waals surface area contributed by atoms with Gasteiger partial charge in [0.05, 0.1) is 15.7 Å². The van der Waals surface area contributed by atoms with Gasteiger partial charge in [0.2, 0.25) is 10.0 Å². The number of carbonyl (C=O) groups is 1. The van der Waals surface area contributed by atoms with Gasteiger partial charge < -0.3 is 0 Å². The number of Topliss-reactive ketones (excluding diaryl/α,β-unsaturated/α-hetero) is 1. The van der Waals surface area contributed by atoms with Crippen molar-refractivity contribution in [1.82, 2.24) is 4.31 Å². The smallest absolute Gasteiger partial charge is 0.243 e. The van der Waals surface area contributed by atoms with Crippen LogP contribution in [0.15, 0.2) is 58.3 Å². The number of sulfonamides is 1. The summed E-state index contributed by atoms with van der Waals surface area (Å²) in [4.78, 5) is 13.4. The van der Waals surface area contributed by atoms with E-state index in [9.17, 15) is 13.2 Å². The van der Waals surface area contributed by atoms with Crippen LogP contribution >= 0.6 is 23.4 Å². The van der Waals surface area contributed by atoms with E-state index in [0.717, 1.165) is 17.7 Å². The molecule has 0 aromatic heterocycles. The molecule has 4 nitrogen and oxygen atoms in total. The maximum Gasteiger partial charge on any atom is 0.243 e. The summed E-state index contributed by atoms with van der Waals surface area (Å²) in [5, 5.41) is 0.618. The number of benzene rings is 2. The van der Waals surface area contributed by atoms with Crippen LogP contribution < -0.4 is 0 Å². The van der Waals surface area contributed by atoms with E-state index in [-0.39, 0.29) is 16.4 Å². The molecule has 0 saturated carbocycles. The van der Waals surface area contributed by atoms with Gasteiger partial charge in [-0.2, -0.15) is 4.31 Å². The molecule has 0 amide bonds. The zero-order chi connectivity index (χ0) is 17.9. The van der Waals surface area contributed by atoms with Crippen LogP contribution in [0.4, 0.5) is 0 Å². The van der Waals surface area contributed by atoms with E-state index >= 15 is 0 Å². The lowest BCUT2D eigenvalue weighted by Crippen LogP contribution is -2.27. The lowest BCUT2D eigenvalue weighted by molar-refractivity contribution is 0.102. The summed E-state index contributed by atoms with van der Waals surface area (Å²) in [5.74, 6) is 0.192. The number of ketones is 1. The first-order chi connectivity index (χ1) is 12.0. The first-order valence-corrected chi connectivity index (χ1v) is 10.8. The first-order valence-electron chi connectivity index (χ1n) is 7.99. The van der Waals surface area contributed by atoms with Gasteiger partial charge in [-0.15, -0.1) is 11.8 Å². The summed E-state index contributed by atoms with van der Waals surface area (Å²) >= 11 is 7.46. The van der Waals surface area contributed by atoms with Crippen LogP contribution in [0.25, 0.3) is 0 Å². The highest BCUT2D eigenvalue weighted by molar-refractivity contribution is 8.00. The van der Waals surface area contributed by atoms with Crippen molar-refractivity contribution >= 4 is 39.2 Å². The molecule has 1 heterocycles. The molecule has 1 aliphatic heterocycles. The number of halogens is 1. The Kier molecular flexibility index (Phi) is 5.84. The summed E-state index contributed by atoms with van der Waals surface area (Å²) in [6.07, 6.45) is 1.80. The second-order valence-corrected chi connectivity index (χ2v) is 9.14. The minimum Gasteiger partial charge on any atom is -0.293 e. The Morgan fingerprint density at radius 3 is 2.32 bits per heavy atom. The number of carbonyl (C=O) groups excluding carboxylic acids is 1. The van der Waals surface area contributed by atoms with Gasteiger partial charge in [-0.25, -0.2) is 8.42 Å². The van der Waals surface area contributed by atoms with Gasteiger partial charge in [-0.1, -0.05) is 35.9 Å². The van der Waals surface area contributed by atoms with E-state index in [4.69, 9.17) is 11.6 Å². The van der Waals surface area contributed by atoms with Crippen molar-refractivity contribution in [3.8, 4) is 0 Å². The molecule has 7 heteroatoms. The molecule has 0 N–H and O–H groups in total. The van der Waals surface area contributed by atoms with E-state index < -0.39 is 10.0 Å². The van der Waals surface area contributed by atoms with Crippen LogP contribution in [-0.4, -0.2) is 37.3 Å². The number of nitrogens with zero attached hydrogens (tertiary/aromatic N) is 1. The van der Waals surface area contributed by atoms with Crippen molar-refractivity contribution in [1.29, 1.82) is 0 Å². The third-order valence-corrected chi connectivity index (χ3v) is 7.50. The standard InChI is InChI=1S/C18H18ClNO3S2/c19-16-5-1-2-6-18(16)24-13-17(21)14-7-9-15(10-8-14)25(22,23)20-11-3-4-12-20/h1-2,5-10H,3-4,11-13H2. The Hall–Kier alpha value is -1.34. The van der Waals surface area contributed by atoms with Crippen LogP contribution in [0.2, 0.25) is 5.02 Å². The van der Waals surface area contributed by atoms with Crippen LogP contribution in [0, 0.1) is 0 Å². The fourth-order valence-corrected chi connectivity index (χ4v) is 5.33. The molecule has 1 fully saturated rings. The third-order valence-electron chi connectivity index (χ3n) is 4.07. The summed E-state index contributed by atoms with van der Waals surface area (Å²) in [7, 11) is -3.44. The van der Waals surface area contributed by atoms with E-state index in [1.54, 1.807) is 18.2 Å². The van der Waals surface area contributed by atoms with Crippen molar-refractivity contribution < 1.29 is 13.2 Å². The Morgan fingerprint density at radius 2 is 1.68 bits per heavy atom. The van der Waals surface area contributed by atoms with E-state index in [1.165, 1.54) is 28.2 Å². The lowest BCUT2D eigenvalue weighted by atomic mass is 10.1. The van der Waals surface area contributed by atoms with Gasteiger partial charge in [0.15, 0.2) is 5.78 Å². The van der Waals surface area contributed by atoms with Gasteiger partial charge in [-0.3, -0.25) is 4.79 Å². The maximum atomic E-state index is 12.5. The van der Waals surface area contributed by atoms with Gasteiger partial charge in [0.25, 0.3) is 0 Å². The van der Waals surface area contributed by atoms with Gasteiger partial charge >= 0.3 is 0 Å². The SMILES string of the molecule is O=C(CSc1ccccc1Cl)c1ccc(S(=O)(=O)N2CCCC2)cc1. The largest absolute Gasteiger partial charge is 0.293 e. The maximum absolute atomic E-state index is 12.5. The molecule has 0 atom stereocenters. The fourth-order valence-electron chi connectivity index (χ4n) is 2.68. The highest BCUT2D eigenvalue weighted by atomic mass is 35.5. The molecule has 2 aromatic rings. The van der Waals surface area contributed by atoms with Crippen LogP contribution in [0.3, 0.4) is 0 Å². The second kappa shape index (κ2) is 7.91. The van der Waals surface area contributed by atoms with Crippen molar-refractivity contribution in [2.75, 3.05) is 18.8 Å². The summed E-state index contributed by atoms with van der Waals surface area (Å²) in [6, 6.07) is 13.6. The molecule has 132 valence electrons. The molecule has 0 spiro atoms. The minimum absolute atomic E-state index is 0.0601. The second-order valence-electron chi connectivity index (χ2n) is 5.78. The molecule has 0 radical (unpaired) electrons. The molecule has 0 unspecified atom stereocenters. The van der Waals surface area contributed by atoms with Crippen LogP contribution in [0.1, 0.15) is 23.2 Å². The molecule has 25 heavy (non-hydrogen) atoms. The number of hydrogen-bond donors (Lipinski definition) is 0. The van der Waals surface area contributed by atoms with Crippen molar-refractivity contribution in [2.24, 2.45) is 0 Å². The monoisotopic (exact) mass is 395 g/mol. The Morgan fingerprint density at radius 1 is 1.04 bits per heavy atom. The molecule has 1 aliphatic rings. The molecule has 0 bridgehead atoms. The lowest BCUT2D eigenvalue weighted by Gasteiger charge is -2.15. The average molecular weight is 396 g/mol. The normalized spacial score (nSPS) is 15.4. The van der Waals surface area contributed by atoms with E-state index in [0.29, 0.717) is 23.7 Å². The van der Waals surface area contributed by atoms with Crippen molar-refractivity contribution in [2.45, 2.75) is 22.6 Å². The zero-order valence-electron chi connectivity index (χ0n) is 13.5. The number of hydrogen-bond acceptors (Lipinski definition) is 4. The van der Waals surface area contributed by atoms with Gasteiger partial charge in [0, 0.05) is 23.5 Å². The van der Waals surface area contributed by atoms with Crippen molar-refractivity contribution in [3.63, 3.8) is 0 Å². The van der Waals surface area contributed by atoms with Crippen LogP contribution in [0.5, 0.6) is 0 Å². The average Bonchev–Trinajstić information content (AvgIpc) is 3.16. The molecule has 3 rings (SSSR count). The predicted octanol–water partition coefficient (Wildman–Crippen LogP) is 4.10. The molecule has 2 aromatic carbocycles. The van der Waals surface area contributed by atoms with Gasteiger partial charge in [-0.05, 0) is 37.1 Å². The van der Waals surface area contributed by atoms with Crippen molar-refractivity contribution in [3.05, 3.63) is 59.1 Å². The molecule has 0 aliphatic carbocycles. The predicted molar refractivity (Wildman–Crippen MR) is 101 cm³/mol.